The predicted molar refractivity (Wildman–Crippen MR) is 69.4 cm³/mol. The number of rotatable bonds is 0. The normalized spacial score (nSPS) is 27.9. The molecule has 1 heterocycles. The van der Waals surface area contributed by atoms with Gasteiger partial charge in [-0.3, -0.25) is 4.79 Å². The van der Waals surface area contributed by atoms with Gasteiger partial charge in [0.05, 0.1) is 12.4 Å². The van der Waals surface area contributed by atoms with Crippen molar-refractivity contribution in [2.75, 3.05) is 0 Å². The first kappa shape index (κ1) is 11.0. The van der Waals surface area contributed by atoms with Gasteiger partial charge in [-0.15, -0.1) is 0 Å². The number of hydrogen-bond acceptors (Lipinski definition) is 3. The molecule has 0 radical (unpaired) electrons. The van der Waals surface area contributed by atoms with E-state index < -0.39 is 11.5 Å². The van der Waals surface area contributed by atoms with Crippen LogP contribution in [0, 0.1) is 0 Å². The van der Waals surface area contributed by atoms with E-state index in [-0.39, 0.29) is 5.78 Å². The van der Waals surface area contributed by atoms with Gasteiger partial charge in [-0.25, -0.2) is 0 Å². The maximum Gasteiger partial charge on any atom is 0.228 e. The molecule has 3 heteroatoms. The lowest BCUT2D eigenvalue weighted by Crippen LogP contribution is -2.45. The molecule has 0 saturated carbocycles. The fourth-order valence-corrected chi connectivity index (χ4v) is 3.63. The van der Waals surface area contributed by atoms with Crippen LogP contribution in [0.25, 0.3) is 0 Å². The Hall–Kier alpha value is -1.87. The van der Waals surface area contributed by atoms with Gasteiger partial charge >= 0.3 is 0 Å². The molecule has 0 unspecified atom stereocenters. The summed E-state index contributed by atoms with van der Waals surface area (Å²) in [6.07, 6.45) is 2.67. The molecule has 0 bridgehead atoms. The van der Waals surface area contributed by atoms with Gasteiger partial charge in [0.1, 0.15) is 0 Å². The average Bonchev–Trinajstić information content (AvgIpc) is 2.86. The van der Waals surface area contributed by atoms with E-state index in [9.17, 15) is 9.90 Å². The molecule has 0 aliphatic heterocycles. The number of furan rings is 1. The minimum Gasteiger partial charge on any atom is -0.460 e. The fraction of sp³-hybridized carbons (Fsp3) is 0.312. The standard InChI is InChI=1S/C16H14O3/c1-16-11-5-3-2-4-10(11)14(18)15-13(16)9(8-19-15)6-7-12(16)17/h2-5,8,12,17H,6-7H2,1H3/t12-,16-/m0/s1. The Morgan fingerprint density at radius 1 is 1.37 bits per heavy atom. The molecule has 0 amide bonds. The highest BCUT2D eigenvalue weighted by molar-refractivity contribution is 6.11. The van der Waals surface area contributed by atoms with Crippen LogP contribution in [0.15, 0.2) is 34.9 Å². The number of hydrogen-bond donors (Lipinski definition) is 1. The molecule has 19 heavy (non-hydrogen) atoms. The lowest BCUT2D eigenvalue weighted by Gasteiger charge is -2.42. The first-order valence-electron chi connectivity index (χ1n) is 6.57. The number of aliphatic hydroxyl groups is 1. The molecule has 1 N–H and O–H groups in total. The second-order valence-electron chi connectivity index (χ2n) is 5.60. The van der Waals surface area contributed by atoms with E-state index >= 15 is 0 Å². The summed E-state index contributed by atoms with van der Waals surface area (Å²) in [4.78, 5) is 12.5. The summed E-state index contributed by atoms with van der Waals surface area (Å²) >= 11 is 0. The number of ketones is 1. The summed E-state index contributed by atoms with van der Waals surface area (Å²) < 4.78 is 5.51. The van der Waals surface area contributed by atoms with Crippen LogP contribution in [-0.2, 0) is 11.8 Å². The summed E-state index contributed by atoms with van der Waals surface area (Å²) in [7, 11) is 0. The Balaban J connectivity index is 2.13. The Kier molecular flexibility index (Phi) is 1.95. The van der Waals surface area contributed by atoms with Crippen LogP contribution >= 0.6 is 0 Å². The maximum atomic E-state index is 12.5. The van der Waals surface area contributed by atoms with Crippen LogP contribution < -0.4 is 0 Å². The Morgan fingerprint density at radius 3 is 3.00 bits per heavy atom. The van der Waals surface area contributed by atoms with E-state index in [4.69, 9.17) is 4.42 Å². The van der Waals surface area contributed by atoms with Gasteiger partial charge in [-0.1, -0.05) is 24.3 Å². The molecule has 0 spiro atoms. The van der Waals surface area contributed by atoms with Gasteiger partial charge in [0, 0.05) is 16.5 Å². The molecule has 0 saturated heterocycles. The molecule has 0 fully saturated rings. The highest BCUT2D eigenvalue weighted by Gasteiger charge is 2.50. The Labute approximate surface area is 110 Å². The van der Waals surface area contributed by atoms with Crippen molar-refractivity contribution in [1.82, 2.24) is 0 Å². The molecule has 2 aliphatic rings. The quantitative estimate of drug-likeness (QED) is 0.785. The molecule has 4 rings (SSSR count). The van der Waals surface area contributed by atoms with Crippen LogP contribution in [0.4, 0.5) is 0 Å². The molecule has 3 nitrogen and oxygen atoms in total. The van der Waals surface area contributed by atoms with Crippen LogP contribution in [0.2, 0.25) is 0 Å². The molecule has 96 valence electrons. The van der Waals surface area contributed by atoms with Gasteiger partial charge in [0.25, 0.3) is 0 Å². The Bertz CT molecular complexity index is 698. The molecule has 1 aromatic heterocycles. The monoisotopic (exact) mass is 254 g/mol. The smallest absolute Gasteiger partial charge is 0.228 e. The zero-order valence-corrected chi connectivity index (χ0v) is 10.6. The summed E-state index contributed by atoms with van der Waals surface area (Å²) in [5, 5.41) is 10.5. The third kappa shape index (κ3) is 1.14. The predicted octanol–water partition coefficient (Wildman–Crippen LogP) is 2.44. The lowest BCUT2D eigenvalue weighted by molar-refractivity contribution is 0.0857. The summed E-state index contributed by atoms with van der Waals surface area (Å²) in [5.74, 6) is 0.346. The second-order valence-corrected chi connectivity index (χ2v) is 5.60. The van der Waals surface area contributed by atoms with Crippen LogP contribution in [0.1, 0.15) is 46.2 Å². The third-order valence-electron chi connectivity index (χ3n) is 4.68. The summed E-state index contributed by atoms with van der Waals surface area (Å²) in [6, 6.07) is 7.53. The first-order chi connectivity index (χ1) is 9.14. The van der Waals surface area contributed by atoms with Gasteiger partial charge in [0.2, 0.25) is 5.78 Å². The molecular weight excluding hydrogens is 240 g/mol. The number of aliphatic hydroxyl groups excluding tert-OH is 1. The lowest BCUT2D eigenvalue weighted by atomic mass is 9.61. The number of aryl methyl sites for hydroxylation is 1. The van der Waals surface area contributed by atoms with Gasteiger partial charge < -0.3 is 9.52 Å². The zero-order chi connectivity index (χ0) is 13.2. The van der Waals surface area contributed by atoms with E-state index in [2.05, 4.69) is 0 Å². The van der Waals surface area contributed by atoms with Crippen molar-refractivity contribution in [1.29, 1.82) is 0 Å². The minimum atomic E-state index is -0.527. The largest absolute Gasteiger partial charge is 0.460 e. The molecule has 1 aromatic carbocycles. The molecule has 2 aliphatic carbocycles. The summed E-state index contributed by atoms with van der Waals surface area (Å²) in [6.45, 7) is 2.01. The zero-order valence-electron chi connectivity index (χ0n) is 10.6. The van der Waals surface area contributed by atoms with E-state index in [1.54, 1.807) is 6.26 Å². The van der Waals surface area contributed by atoms with E-state index in [1.165, 1.54) is 0 Å². The van der Waals surface area contributed by atoms with Gasteiger partial charge in [0.15, 0.2) is 5.76 Å². The average molecular weight is 254 g/mol. The molecule has 2 aromatic rings. The van der Waals surface area contributed by atoms with E-state index in [0.717, 1.165) is 23.1 Å². The number of carbonyl (C=O) groups excluding carboxylic acids is 1. The highest BCUT2D eigenvalue weighted by Crippen LogP contribution is 2.49. The van der Waals surface area contributed by atoms with Crippen LogP contribution in [0.5, 0.6) is 0 Å². The van der Waals surface area contributed by atoms with Crippen molar-refractivity contribution < 1.29 is 14.3 Å². The molecular formula is C16H14O3. The van der Waals surface area contributed by atoms with Crippen molar-refractivity contribution in [3.05, 3.63) is 58.5 Å². The van der Waals surface area contributed by atoms with E-state index in [0.29, 0.717) is 17.7 Å². The topological polar surface area (TPSA) is 50.4 Å². The number of carbonyl (C=O) groups is 1. The van der Waals surface area contributed by atoms with Crippen molar-refractivity contribution in [3.63, 3.8) is 0 Å². The second kappa shape index (κ2) is 3.36. The third-order valence-corrected chi connectivity index (χ3v) is 4.68. The number of fused-ring (bicyclic) bond motifs is 2. The first-order valence-corrected chi connectivity index (χ1v) is 6.57. The van der Waals surface area contributed by atoms with Crippen molar-refractivity contribution in [3.8, 4) is 0 Å². The number of benzene rings is 1. The van der Waals surface area contributed by atoms with Crippen molar-refractivity contribution >= 4 is 5.78 Å². The highest BCUT2D eigenvalue weighted by atomic mass is 16.3. The van der Waals surface area contributed by atoms with Gasteiger partial charge in [-0.2, -0.15) is 0 Å². The van der Waals surface area contributed by atoms with Crippen LogP contribution in [0.3, 0.4) is 0 Å². The SMILES string of the molecule is C[C@@]12c3ccccc3C(=O)c3occ(c31)CC[C@@H]2O. The molecule has 2 atom stereocenters. The summed E-state index contributed by atoms with van der Waals surface area (Å²) in [5.41, 5.74) is 3.00. The fourth-order valence-electron chi connectivity index (χ4n) is 3.63. The minimum absolute atomic E-state index is 0.0663. The van der Waals surface area contributed by atoms with Crippen molar-refractivity contribution in [2.24, 2.45) is 0 Å². The maximum absolute atomic E-state index is 12.5. The van der Waals surface area contributed by atoms with Gasteiger partial charge in [-0.05, 0) is 30.9 Å². The van der Waals surface area contributed by atoms with E-state index in [1.807, 2.05) is 31.2 Å². The van der Waals surface area contributed by atoms with Crippen molar-refractivity contribution in [2.45, 2.75) is 31.3 Å². The Morgan fingerprint density at radius 2 is 2.16 bits per heavy atom. The van der Waals surface area contributed by atoms with Crippen LogP contribution in [-0.4, -0.2) is 17.0 Å².